The Bertz CT molecular complexity index is 772. The monoisotopic (exact) mass is 389 g/mol. The third-order valence-corrected chi connectivity index (χ3v) is 5.16. The number of pyridine rings is 1. The zero-order valence-corrected chi connectivity index (χ0v) is 16.1. The molecule has 144 valence electrons. The quantitative estimate of drug-likeness (QED) is 0.819. The molecule has 0 spiro atoms. The molecule has 2 heterocycles. The Morgan fingerprint density at radius 1 is 1.22 bits per heavy atom. The van der Waals surface area contributed by atoms with Crippen LogP contribution in [0.2, 0.25) is 5.02 Å². The summed E-state index contributed by atoms with van der Waals surface area (Å²) in [6, 6.07) is 8.52. The van der Waals surface area contributed by atoms with E-state index in [4.69, 9.17) is 16.3 Å². The van der Waals surface area contributed by atoms with Crippen LogP contribution in [0.5, 0.6) is 5.75 Å². The zero-order chi connectivity index (χ0) is 19.2. The van der Waals surface area contributed by atoms with Gasteiger partial charge in [-0.05, 0) is 48.4 Å². The topological polar surface area (TPSA) is 65.9 Å². The summed E-state index contributed by atoms with van der Waals surface area (Å²) in [6.07, 6.45) is 4.51. The number of benzene rings is 1. The highest BCUT2D eigenvalue weighted by Gasteiger charge is 2.29. The Hall–Kier alpha value is -2.15. The zero-order valence-electron chi connectivity index (χ0n) is 15.3. The average Bonchev–Trinajstić information content (AvgIpc) is 2.88. The fourth-order valence-electron chi connectivity index (χ4n) is 3.52. The predicted octanol–water partition coefficient (Wildman–Crippen LogP) is 3.08. The van der Waals surface area contributed by atoms with E-state index in [1.807, 2.05) is 17.0 Å². The lowest BCUT2D eigenvalue weighted by atomic mass is 10.0. The van der Waals surface area contributed by atoms with E-state index >= 15 is 0 Å². The van der Waals surface area contributed by atoms with Gasteiger partial charge in [-0.25, -0.2) is 0 Å². The molecule has 1 aromatic heterocycles. The normalized spacial score (nSPS) is 17.3. The van der Waals surface area contributed by atoms with E-state index in [1.165, 1.54) is 5.56 Å². The van der Waals surface area contributed by atoms with Gasteiger partial charge in [-0.15, -0.1) is 0 Å². The molecule has 1 aliphatic heterocycles. The second kappa shape index (κ2) is 9.17. The first-order valence-electron chi connectivity index (χ1n) is 9.00. The van der Waals surface area contributed by atoms with Crippen molar-refractivity contribution in [1.29, 1.82) is 0 Å². The number of ether oxygens (including phenoxy) is 1. The van der Waals surface area contributed by atoms with Crippen molar-refractivity contribution in [2.24, 2.45) is 0 Å². The van der Waals surface area contributed by atoms with Gasteiger partial charge in [0.15, 0.2) is 0 Å². The molecule has 3 rings (SSSR count). The number of carboxylic acid groups (broad SMARTS) is 1. The Labute approximate surface area is 164 Å². The predicted molar refractivity (Wildman–Crippen MR) is 104 cm³/mol. The van der Waals surface area contributed by atoms with Crippen molar-refractivity contribution in [2.75, 3.05) is 33.3 Å². The minimum atomic E-state index is -0.862. The number of aliphatic carboxylic acids is 1. The highest BCUT2D eigenvalue weighted by atomic mass is 35.5. The molecular formula is C20H24ClN3O3. The first-order valence-corrected chi connectivity index (χ1v) is 9.38. The lowest BCUT2D eigenvalue weighted by Gasteiger charge is -2.28. The number of nitrogens with zero attached hydrogens (tertiary/aromatic N) is 3. The van der Waals surface area contributed by atoms with Gasteiger partial charge in [0.25, 0.3) is 0 Å². The third kappa shape index (κ3) is 4.97. The Balaban J connectivity index is 1.71. The van der Waals surface area contributed by atoms with Gasteiger partial charge >= 0.3 is 5.97 Å². The molecule has 6 nitrogen and oxygen atoms in total. The molecule has 0 amide bonds. The Kier molecular flexibility index (Phi) is 6.66. The number of carboxylic acids is 1. The van der Waals surface area contributed by atoms with Crippen LogP contribution in [0.15, 0.2) is 42.7 Å². The maximum atomic E-state index is 12.0. The van der Waals surface area contributed by atoms with E-state index in [0.717, 1.165) is 32.6 Å². The van der Waals surface area contributed by atoms with Crippen molar-refractivity contribution in [3.05, 3.63) is 58.9 Å². The van der Waals surface area contributed by atoms with Gasteiger partial charge in [0, 0.05) is 38.6 Å². The molecule has 2 aromatic rings. The van der Waals surface area contributed by atoms with Crippen LogP contribution in [0, 0.1) is 0 Å². The molecule has 1 saturated heterocycles. The Morgan fingerprint density at radius 3 is 2.67 bits per heavy atom. The summed E-state index contributed by atoms with van der Waals surface area (Å²) < 4.78 is 5.17. The van der Waals surface area contributed by atoms with Gasteiger partial charge in [-0.3, -0.25) is 19.6 Å². The van der Waals surface area contributed by atoms with Gasteiger partial charge in [-0.2, -0.15) is 0 Å². The smallest absolute Gasteiger partial charge is 0.325 e. The van der Waals surface area contributed by atoms with Crippen LogP contribution in [-0.4, -0.2) is 59.1 Å². The highest BCUT2D eigenvalue weighted by molar-refractivity contribution is 6.32. The molecular weight excluding hydrogens is 366 g/mol. The molecule has 0 saturated carbocycles. The molecule has 1 fully saturated rings. The summed E-state index contributed by atoms with van der Waals surface area (Å²) in [5.74, 6) is -0.317. The van der Waals surface area contributed by atoms with Crippen molar-refractivity contribution in [2.45, 2.75) is 19.0 Å². The first-order chi connectivity index (χ1) is 13.1. The van der Waals surface area contributed by atoms with Crippen LogP contribution >= 0.6 is 11.6 Å². The van der Waals surface area contributed by atoms with Crippen molar-refractivity contribution >= 4 is 17.6 Å². The van der Waals surface area contributed by atoms with E-state index in [9.17, 15) is 9.90 Å². The SMILES string of the molecule is COc1ccc([C@@H](C(=O)O)N2CCCN(Cc3ccncc3)CC2)cc1Cl. The average molecular weight is 390 g/mol. The van der Waals surface area contributed by atoms with Crippen molar-refractivity contribution < 1.29 is 14.6 Å². The number of carbonyl (C=O) groups is 1. The number of methoxy groups -OCH3 is 1. The number of halogens is 1. The molecule has 0 unspecified atom stereocenters. The maximum Gasteiger partial charge on any atom is 0.325 e. The number of rotatable bonds is 6. The minimum Gasteiger partial charge on any atom is -0.495 e. The van der Waals surface area contributed by atoms with Crippen LogP contribution in [0.1, 0.15) is 23.6 Å². The third-order valence-electron chi connectivity index (χ3n) is 4.87. The molecule has 7 heteroatoms. The number of hydrogen-bond donors (Lipinski definition) is 1. The standard InChI is InChI=1S/C20H24ClN3O3/c1-27-18-4-3-16(13-17(18)21)19(20(25)26)24-10-2-9-23(11-12-24)14-15-5-7-22-8-6-15/h3-8,13,19H,2,9-12,14H2,1H3,(H,25,26)/t19-/m0/s1. The van der Waals surface area contributed by atoms with Gasteiger partial charge in [0.2, 0.25) is 0 Å². The van der Waals surface area contributed by atoms with Gasteiger partial charge < -0.3 is 9.84 Å². The van der Waals surface area contributed by atoms with Crippen LogP contribution < -0.4 is 4.74 Å². The lowest BCUT2D eigenvalue weighted by Crippen LogP contribution is -2.37. The first kappa shape index (κ1) is 19.6. The highest BCUT2D eigenvalue weighted by Crippen LogP contribution is 2.30. The van der Waals surface area contributed by atoms with Crippen molar-refractivity contribution in [1.82, 2.24) is 14.8 Å². The van der Waals surface area contributed by atoms with Gasteiger partial charge in [0.05, 0.1) is 12.1 Å². The molecule has 1 atom stereocenters. The fourth-order valence-corrected chi connectivity index (χ4v) is 3.78. The second-order valence-corrected chi connectivity index (χ2v) is 7.06. The van der Waals surface area contributed by atoms with E-state index in [1.54, 1.807) is 37.7 Å². The summed E-state index contributed by atoms with van der Waals surface area (Å²) in [5.41, 5.74) is 1.89. The lowest BCUT2D eigenvalue weighted by molar-refractivity contribution is -0.143. The van der Waals surface area contributed by atoms with E-state index < -0.39 is 12.0 Å². The molecule has 27 heavy (non-hydrogen) atoms. The molecule has 0 radical (unpaired) electrons. The molecule has 0 aliphatic carbocycles. The van der Waals surface area contributed by atoms with Crippen LogP contribution in [0.25, 0.3) is 0 Å². The molecule has 1 aliphatic rings. The second-order valence-electron chi connectivity index (χ2n) is 6.66. The van der Waals surface area contributed by atoms with Crippen molar-refractivity contribution in [3.63, 3.8) is 0 Å². The Morgan fingerprint density at radius 2 is 2.00 bits per heavy atom. The minimum absolute atomic E-state index is 0.426. The summed E-state index contributed by atoms with van der Waals surface area (Å²) in [7, 11) is 1.54. The van der Waals surface area contributed by atoms with Crippen molar-refractivity contribution in [3.8, 4) is 5.75 Å². The van der Waals surface area contributed by atoms with Gasteiger partial charge in [0.1, 0.15) is 11.8 Å². The molecule has 0 bridgehead atoms. The van der Waals surface area contributed by atoms with E-state index in [2.05, 4.69) is 9.88 Å². The van der Waals surface area contributed by atoms with E-state index in [0.29, 0.717) is 22.9 Å². The van der Waals surface area contributed by atoms with Crippen LogP contribution in [0.3, 0.4) is 0 Å². The van der Waals surface area contributed by atoms with E-state index in [-0.39, 0.29) is 0 Å². The largest absolute Gasteiger partial charge is 0.495 e. The molecule has 1 aromatic carbocycles. The summed E-state index contributed by atoms with van der Waals surface area (Å²) in [6.45, 7) is 4.02. The fraction of sp³-hybridized carbons (Fsp3) is 0.400. The number of aromatic nitrogens is 1. The van der Waals surface area contributed by atoms with Crippen LogP contribution in [-0.2, 0) is 11.3 Å². The van der Waals surface area contributed by atoms with Gasteiger partial charge in [-0.1, -0.05) is 17.7 Å². The van der Waals surface area contributed by atoms with Crippen LogP contribution in [0.4, 0.5) is 0 Å². The summed E-state index contributed by atoms with van der Waals surface area (Å²) in [4.78, 5) is 20.4. The molecule has 1 N–H and O–H groups in total. The summed E-state index contributed by atoms with van der Waals surface area (Å²) >= 11 is 6.21. The summed E-state index contributed by atoms with van der Waals surface area (Å²) in [5, 5.41) is 10.3. The number of hydrogen-bond acceptors (Lipinski definition) is 5. The maximum absolute atomic E-state index is 12.0.